The largest absolute Gasteiger partial charge is 0.481 e. The van der Waals surface area contributed by atoms with Crippen molar-refractivity contribution in [3.63, 3.8) is 0 Å². The first-order valence-electron chi connectivity index (χ1n) is 15.0. The number of aliphatic hydroxyl groups is 1. The highest BCUT2D eigenvalue weighted by Crippen LogP contribution is 2.39. The van der Waals surface area contributed by atoms with Crippen LogP contribution < -0.4 is 5.32 Å². The van der Waals surface area contributed by atoms with Crippen LogP contribution in [0.4, 0.5) is 0 Å². The van der Waals surface area contributed by atoms with Crippen LogP contribution in [0.2, 0.25) is 0 Å². The van der Waals surface area contributed by atoms with Gasteiger partial charge in [-0.3, -0.25) is 14.5 Å². The quantitative estimate of drug-likeness (QED) is 0.357. The van der Waals surface area contributed by atoms with Gasteiger partial charge in [-0.05, 0) is 62.0 Å². The average Bonchev–Trinajstić information content (AvgIpc) is 3.67. The molecule has 222 valence electrons. The van der Waals surface area contributed by atoms with E-state index in [0.29, 0.717) is 12.6 Å². The number of carboxylic acids is 1. The van der Waals surface area contributed by atoms with E-state index in [1.165, 1.54) is 38.8 Å². The van der Waals surface area contributed by atoms with Crippen LogP contribution in [0.25, 0.3) is 0 Å². The van der Waals surface area contributed by atoms with Gasteiger partial charge in [0.15, 0.2) is 6.29 Å². The van der Waals surface area contributed by atoms with Crippen LogP contribution in [-0.2, 0) is 32.2 Å². The molecule has 0 spiro atoms. The van der Waals surface area contributed by atoms with Crippen molar-refractivity contribution in [1.29, 1.82) is 0 Å². The molecule has 2 aromatic carbocycles. The number of ether oxygens (including phenoxy) is 2. The predicted molar refractivity (Wildman–Crippen MR) is 154 cm³/mol. The van der Waals surface area contributed by atoms with Crippen LogP contribution in [0.3, 0.4) is 0 Å². The molecule has 3 N–H and O–H groups in total. The molecular weight excluding hydrogens is 522 g/mol. The molecule has 5 rings (SSSR count). The van der Waals surface area contributed by atoms with Crippen LogP contribution in [0, 0.1) is 0 Å². The number of benzene rings is 2. The average molecular weight is 566 g/mol. The molecule has 9 nitrogen and oxygen atoms in total. The molecule has 3 heterocycles. The topological polar surface area (TPSA) is 112 Å². The molecule has 1 amide bonds. The molecule has 9 heteroatoms. The Balaban J connectivity index is 1.25. The minimum atomic E-state index is -0.982. The Kier molecular flexibility index (Phi) is 10.4. The first-order chi connectivity index (χ1) is 20.0. The maximum Gasteiger partial charge on any atom is 0.303 e. The normalized spacial score (nSPS) is 25.4. The summed E-state index contributed by atoms with van der Waals surface area (Å²) >= 11 is 0. The van der Waals surface area contributed by atoms with Crippen molar-refractivity contribution in [1.82, 2.24) is 15.1 Å². The first-order valence-corrected chi connectivity index (χ1v) is 15.0. The summed E-state index contributed by atoms with van der Waals surface area (Å²) in [7, 11) is 0. The van der Waals surface area contributed by atoms with E-state index in [2.05, 4.69) is 15.1 Å². The monoisotopic (exact) mass is 565 g/mol. The minimum absolute atomic E-state index is 0.0138. The van der Waals surface area contributed by atoms with E-state index in [9.17, 15) is 14.7 Å². The number of nitrogens with zero attached hydrogens (tertiary/aromatic N) is 2. The standard InChI is InChI=1S/C32H43N3O6/c36-22-24-7-9-25(10-8-24)29-18-28(21-35-17-3-4-27(35)20-34-15-1-2-16-34)40-32(41-29)26-11-5-23(6-12-26)19-33-30(37)13-14-31(38)39/h5-12,27-29,32,36H,1-4,13-22H2,(H,33,37)(H,38,39)/t27-,28-,29+,32+/m0/s1. The number of likely N-dealkylation sites (tertiary alicyclic amines) is 2. The van der Waals surface area contributed by atoms with Crippen molar-refractivity contribution in [2.24, 2.45) is 0 Å². The smallest absolute Gasteiger partial charge is 0.303 e. The lowest BCUT2D eigenvalue weighted by atomic mass is 9.99. The Hall–Kier alpha value is -2.82. The number of hydrogen-bond acceptors (Lipinski definition) is 7. The summed E-state index contributed by atoms with van der Waals surface area (Å²) in [5.41, 5.74) is 3.79. The van der Waals surface area contributed by atoms with Crippen molar-refractivity contribution in [3.8, 4) is 0 Å². The molecule has 0 unspecified atom stereocenters. The highest BCUT2D eigenvalue weighted by atomic mass is 16.7. The summed E-state index contributed by atoms with van der Waals surface area (Å²) in [4.78, 5) is 27.8. The molecule has 0 aliphatic carbocycles. The van der Waals surface area contributed by atoms with Crippen LogP contribution in [0.5, 0.6) is 0 Å². The van der Waals surface area contributed by atoms with Gasteiger partial charge in [-0.25, -0.2) is 0 Å². The summed E-state index contributed by atoms with van der Waals surface area (Å²) in [6, 6.07) is 16.4. The number of carboxylic acid groups (broad SMARTS) is 1. The summed E-state index contributed by atoms with van der Waals surface area (Å²) in [5.74, 6) is -1.26. The lowest BCUT2D eigenvalue weighted by molar-refractivity contribution is -0.253. The summed E-state index contributed by atoms with van der Waals surface area (Å²) < 4.78 is 13.1. The number of hydrogen-bond donors (Lipinski definition) is 3. The van der Waals surface area contributed by atoms with Crippen molar-refractivity contribution >= 4 is 11.9 Å². The molecule has 2 aromatic rings. The lowest BCUT2D eigenvalue weighted by Gasteiger charge is -2.39. The van der Waals surface area contributed by atoms with Gasteiger partial charge in [-0.1, -0.05) is 48.5 Å². The first kappa shape index (κ1) is 29.7. The van der Waals surface area contributed by atoms with Gasteiger partial charge < -0.3 is 29.9 Å². The van der Waals surface area contributed by atoms with Crippen molar-refractivity contribution in [2.45, 2.75) is 82.6 Å². The van der Waals surface area contributed by atoms with Gasteiger partial charge in [0.25, 0.3) is 0 Å². The SMILES string of the molecule is O=C(O)CCC(=O)NCc1ccc([C@@H]2O[C@H](CN3CCC[C@H]3CN3CCCC3)C[C@H](c3ccc(CO)cc3)O2)cc1. The van der Waals surface area contributed by atoms with Crippen LogP contribution in [0.15, 0.2) is 48.5 Å². The molecule has 0 bridgehead atoms. The Morgan fingerprint density at radius 1 is 0.854 bits per heavy atom. The number of rotatable bonds is 12. The fourth-order valence-corrected chi connectivity index (χ4v) is 6.20. The van der Waals surface area contributed by atoms with Crippen molar-refractivity contribution < 1.29 is 29.3 Å². The zero-order valence-corrected chi connectivity index (χ0v) is 23.7. The third-order valence-electron chi connectivity index (χ3n) is 8.53. The molecule has 41 heavy (non-hydrogen) atoms. The van der Waals surface area contributed by atoms with E-state index in [0.717, 1.165) is 48.3 Å². The maximum absolute atomic E-state index is 11.9. The van der Waals surface area contributed by atoms with Gasteiger partial charge in [0.2, 0.25) is 5.91 Å². The van der Waals surface area contributed by atoms with E-state index in [1.807, 2.05) is 48.5 Å². The third kappa shape index (κ3) is 8.36. The molecule has 3 aliphatic heterocycles. The molecule has 3 fully saturated rings. The maximum atomic E-state index is 11.9. The highest BCUT2D eigenvalue weighted by Gasteiger charge is 2.36. The zero-order valence-electron chi connectivity index (χ0n) is 23.7. The van der Waals surface area contributed by atoms with Gasteiger partial charge in [0, 0.05) is 44.1 Å². The van der Waals surface area contributed by atoms with E-state index in [-0.39, 0.29) is 37.6 Å². The number of carbonyl (C=O) groups excluding carboxylic acids is 1. The van der Waals surface area contributed by atoms with E-state index < -0.39 is 12.3 Å². The second-order valence-corrected chi connectivity index (χ2v) is 11.6. The fourth-order valence-electron chi connectivity index (χ4n) is 6.20. The molecule has 3 saturated heterocycles. The van der Waals surface area contributed by atoms with E-state index in [4.69, 9.17) is 14.6 Å². The number of amides is 1. The molecule has 0 aromatic heterocycles. The van der Waals surface area contributed by atoms with E-state index in [1.54, 1.807) is 0 Å². The van der Waals surface area contributed by atoms with Crippen molar-refractivity contribution in [2.75, 3.05) is 32.7 Å². The Morgan fingerprint density at radius 3 is 2.27 bits per heavy atom. The van der Waals surface area contributed by atoms with E-state index >= 15 is 0 Å². The molecule has 4 atom stereocenters. The van der Waals surface area contributed by atoms with Gasteiger partial charge >= 0.3 is 5.97 Å². The van der Waals surface area contributed by atoms with Gasteiger partial charge in [0.1, 0.15) is 0 Å². The van der Waals surface area contributed by atoms with Crippen LogP contribution >= 0.6 is 0 Å². The summed E-state index contributed by atoms with van der Waals surface area (Å²) in [5, 5.41) is 21.0. The van der Waals surface area contributed by atoms with Gasteiger partial charge in [-0.2, -0.15) is 0 Å². The number of aliphatic hydroxyl groups excluding tert-OH is 1. The second kappa shape index (κ2) is 14.4. The van der Waals surface area contributed by atoms with Gasteiger partial charge in [0.05, 0.1) is 25.2 Å². The Morgan fingerprint density at radius 2 is 1.56 bits per heavy atom. The second-order valence-electron chi connectivity index (χ2n) is 11.6. The zero-order chi connectivity index (χ0) is 28.6. The lowest BCUT2D eigenvalue weighted by Crippen LogP contribution is -2.45. The number of aliphatic carboxylic acids is 1. The number of nitrogens with one attached hydrogen (secondary N) is 1. The Labute approximate surface area is 242 Å². The molecule has 0 saturated carbocycles. The fraction of sp³-hybridized carbons (Fsp3) is 0.562. The molecule has 3 aliphatic rings. The minimum Gasteiger partial charge on any atom is -0.481 e. The van der Waals surface area contributed by atoms with Crippen molar-refractivity contribution in [3.05, 3.63) is 70.8 Å². The Bertz CT molecular complexity index is 1140. The summed E-state index contributed by atoms with van der Waals surface area (Å²) in [6.07, 6.45) is 5.02. The van der Waals surface area contributed by atoms with Crippen LogP contribution in [0.1, 0.15) is 79.6 Å². The van der Waals surface area contributed by atoms with Gasteiger partial charge in [-0.15, -0.1) is 0 Å². The molecular formula is C32H43N3O6. The third-order valence-corrected chi connectivity index (χ3v) is 8.53. The number of carbonyl (C=O) groups is 2. The summed E-state index contributed by atoms with van der Waals surface area (Å²) in [6.45, 7) is 5.91. The molecule has 0 radical (unpaired) electrons. The highest BCUT2D eigenvalue weighted by molar-refractivity contribution is 5.80. The predicted octanol–water partition coefficient (Wildman–Crippen LogP) is 3.77. The van der Waals surface area contributed by atoms with Crippen LogP contribution in [-0.4, -0.2) is 76.8 Å².